The quantitative estimate of drug-likeness (QED) is 0.857. The normalized spacial score (nSPS) is 17.8. The summed E-state index contributed by atoms with van der Waals surface area (Å²) >= 11 is 0. The minimum atomic E-state index is -0.343. The maximum Gasteiger partial charge on any atom is 0.170 e. The molecule has 0 amide bonds. The molecule has 0 aliphatic heterocycles. The zero-order valence-electron chi connectivity index (χ0n) is 12.8. The van der Waals surface area contributed by atoms with E-state index in [1.807, 2.05) is 26.0 Å². The Morgan fingerprint density at radius 2 is 1.85 bits per heavy atom. The van der Waals surface area contributed by atoms with Crippen molar-refractivity contribution in [3.05, 3.63) is 28.8 Å². The van der Waals surface area contributed by atoms with Gasteiger partial charge in [-0.25, -0.2) is 0 Å². The molecule has 3 nitrogen and oxygen atoms in total. The van der Waals surface area contributed by atoms with E-state index in [4.69, 9.17) is 10.5 Å². The predicted octanol–water partition coefficient (Wildman–Crippen LogP) is 3.40. The number of hydrogen-bond donors (Lipinski definition) is 1. The first kappa shape index (κ1) is 15.0. The molecule has 0 atom stereocenters. The molecule has 0 saturated heterocycles. The maximum absolute atomic E-state index is 13.0. The first-order chi connectivity index (χ1) is 9.54. The van der Waals surface area contributed by atoms with Crippen LogP contribution in [0.3, 0.4) is 0 Å². The molecule has 0 heterocycles. The summed E-state index contributed by atoms with van der Waals surface area (Å²) in [6.45, 7) is 4.41. The molecule has 1 aliphatic rings. The van der Waals surface area contributed by atoms with Gasteiger partial charge in [-0.15, -0.1) is 0 Å². The van der Waals surface area contributed by atoms with Crippen LogP contribution >= 0.6 is 0 Å². The molecule has 1 saturated carbocycles. The van der Waals surface area contributed by atoms with Gasteiger partial charge in [0.1, 0.15) is 5.75 Å². The topological polar surface area (TPSA) is 52.3 Å². The van der Waals surface area contributed by atoms with Crippen LogP contribution in [-0.4, -0.2) is 19.4 Å². The molecular weight excluding hydrogens is 250 g/mol. The second-order valence-corrected chi connectivity index (χ2v) is 6.01. The number of Topliss-reactive ketones (excluding diaryl/α,β-unsaturated/α-hetero) is 1. The smallest absolute Gasteiger partial charge is 0.170 e. The summed E-state index contributed by atoms with van der Waals surface area (Å²) in [5, 5.41) is 0. The lowest BCUT2D eigenvalue weighted by Crippen LogP contribution is -2.40. The van der Waals surface area contributed by atoms with E-state index in [2.05, 4.69) is 0 Å². The van der Waals surface area contributed by atoms with Crippen LogP contribution in [0.1, 0.15) is 53.6 Å². The minimum Gasteiger partial charge on any atom is -0.496 e. The monoisotopic (exact) mass is 275 g/mol. The van der Waals surface area contributed by atoms with Crippen LogP contribution in [0.15, 0.2) is 12.1 Å². The number of benzene rings is 1. The zero-order chi connectivity index (χ0) is 14.8. The number of aryl methyl sites for hydroxylation is 2. The van der Waals surface area contributed by atoms with Crippen molar-refractivity contribution in [2.75, 3.05) is 13.7 Å². The number of ether oxygens (including phenoxy) is 1. The third-order valence-corrected chi connectivity index (χ3v) is 4.67. The summed E-state index contributed by atoms with van der Waals surface area (Å²) in [7, 11) is 1.66. The van der Waals surface area contributed by atoms with Crippen molar-refractivity contribution in [3.8, 4) is 5.75 Å². The molecule has 1 aliphatic carbocycles. The van der Waals surface area contributed by atoms with Gasteiger partial charge in [0.15, 0.2) is 5.78 Å². The molecule has 0 bridgehead atoms. The lowest BCUT2D eigenvalue weighted by molar-refractivity contribution is 0.0728. The van der Waals surface area contributed by atoms with Gasteiger partial charge in [-0.1, -0.05) is 19.3 Å². The number of rotatable bonds is 4. The van der Waals surface area contributed by atoms with Gasteiger partial charge < -0.3 is 10.5 Å². The van der Waals surface area contributed by atoms with Crippen LogP contribution in [0.4, 0.5) is 0 Å². The van der Waals surface area contributed by atoms with Crippen LogP contribution < -0.4 is 10.5 Å². The Hall–Kier alpha value is -1.35. The molecule has 1 aromatic carbocycles. The molecule has 0 unspecified atom stereocenters. The van der Waals surface area contributed by atoms with Crippen molar-refractivity contribution in [2.24, 2.45) is 11.1 Å². The fraction of sp³-hybridized carbons (Fsp3) is 0.588. The zero-order valence-corrected chi connectivity index (χ0v) is 12.8. The van der Waals surface area contributed by atoms with E-state index in [0.717, 1.165) is 48.1 Å². The van der Waals surface area contributed by atoms with E-state index in [1.54, 1.807) is 7.11 Å². The fourth-order valence-corrected chi connectivity index (χ4v) is 3.29. The van der Waals surface area contributed by atoms with Crippen molar-refractivity contribution in [1.29, 1.82) is 0 Å². The Balaban J connectivity index is 2.39. The average molecular weight is 275 g/mol. The summed E-state index contributed by atoms with van der Waals surface area (Å²) in [5.74, 6) is 1.06. The van der Waals surface area contributed by atoms with Gasteiger partial charge in [-0.05, 0) is 49.9 Å². The average Bonchev–Trinajstić information content (AvgIpc) is 2.49. The van der Waals surface area contributed by atoms with Crippen LogP contribution in [-0.2, 0) is 0 Å². The van der Waals surface area contributed by atoms with Crippen molar-refractivity contribution in [3.63, 3.8) is 0 Å². The first-order valence-electron chi connectivity index (χ1n) is 7.44. The predicted molar refractivity (Wildman–Crippen MR) is 81.4 cm³/mol. The second-order valence-electron chi connectivity index (χ2n) is 6.01. The summed E-state index contributed by atoms with van der Waals surface area (Å²) < 4.78 is 5.32. The lowest BCUT2D eigenvalue weighted by atomic mass is 9.69. The number of carbonyl (C=O) groups is 1. The SMILES string of the molecule is COc1cc(C)c(C(=O)C2(CN)CCCCC2)cc1C. The van der Waals surface area contributed by atoms with Crippen LogP contribution in [0.2, 0.25) is 0 Å². The molecule has 20 heavy (non-hydrogen) atoms. The molecule has 3 heteroatoms. The van der Waals surface area contributed by atoms with Crippen molar-refractivity contribution < 1.29 is 9.53 Å². The second kappa shape index (κ2) is 5.96. The molecule has 110 valence electrons. The third kappa shape index (κ3) is 2.59. The number of ketones is 1. The molecule has 1 fully saturated rings. The maximum atomic E-state index is 13.0. The van der Waals surface area contributed by atoms with Gasteiger partial charge in [0.2, 0.25) is 0 Å². The van der Waals surface area contributed by atoms with Crippen molar-refractivity contribution in [1.82, 2.24) is 0 Å². The highest BCUT2D eigenvalue weighted by Crippen LogP contribution is 2.39. The molecule has 0 radical (unpaired) electrons. The van der Waals surface area contributed by atoms with Crippen LogP contribution in [0, 0.1) is 19.3 Å². The highest BCUT2D eigenvalue weighted by Gasteiger charge is 2.39. The van der Waals surface area contributed by atoms with E-state index in [0.29, 0.717) is 6.54 Å². The number of hydrogen-bond acceptors (Lipinski definition) is 3. The number of methoxy groups -OCH3 is 1. The summed E-state index contributed by atoms with van der Waals surface area (Å²) in [4.78, 5) is 13.0. The van der Waals surface area contributed by atoms with Crippen molar-refractivity contribution >= 4 is 5.78 Å². The Morgan fingerprint density at radius 1 is 1.20 bits per heavy atom. The molecule has 0 aromatic heterocycles. The molecule has 0 spiro atoms. The molecule has 2 rings (SSSR count). The van der Waals surface area contributed by atoms with Crippen LogP contribution in [0.5, 0.6) is 5.75 Å². The molecular formula is C17H25NO2. The van der Waals surface area contributed by atoms with Crippen LogP contribution in [0.25, 0.3) is 0 Å². The van der Waals surface area contributed by atoms with Gasteiger partial charge in [-0.3, -0.25) is 4.79 Å². The minimum absolute atomic E-state index is 0.225. The number of carbonyl (C=O) groups excluding carboxylic acids is 1. The van der Waals surface area contributed by atoms with Gasteiger partial charge in [0.25, 0.3) is 0 Å². The van der Waals surface area contributed by atoms with Crippen molar-refractivity contribution in [2.45, 2.75) is 46.0 Å². The summed E-state index contributed by atoms with van der Waals surface area (Å²) in [6.07, 6.45) is 5.28. The Kier molecular flexibility index (Phi) is 4.48. The number of nitrogens with two attached hydrogens (primary N) is 1. The summed E-state index contributed by atoms with van der Waals surface area (Å²) in [5.41, 5.74) is 8.43. The van der Waals surface area contributed by atoms with Gasteiger partial charge in [-0.2, -0.15) is 0 Å². The van der Waals surface area contributed by atoms with Gasteiger partial charge >= 0.3 is 0 Å². The van der Waals surface area contributed by atoms with E-state index < -0.39 is 0 Å². The summed E-state index contributed by atoms with van der Waals surface area (Å²) in [6, 6.07) is 3.91. The lowest BCUT2D eigenvalue weighted by Gasteiger charge is -2.35. The highest BCUT2D eigenvalue weighted by atomic mass is 16.5. The van der Waals surface area contributed by atoms with E-state index in [9.17, 15) is 4.79 Å². The highest BCUT2D eigenvalue weighted by molar-refractivity contribution is 6.02. The third-order valence-electron chi connectivity index (χ3n) is 4.67. The van der Waals surface area contributed by atoms with Gasteiger partial charge in [0, 0.05) is 17.5 Å². The van der Waals surface area contributed by atoms with E-state index in [1.165, 1.54) is 6.42 Å². The Morgan fingerprint density at radius 3 is 2.40 bits per heavy atom. The first-order valence-corrected chi connectivity index (χ1v) is 7.44. The Labute approximate surface area is 121 Å². The van der Waals surface area contributed by atoms with E-state index in [-0.39, 0.29) is 11.2 Å². The molecule has 2 N–H and O–H groups in total. The van der Waals surface area contributed by atoms with E-state index >= 15 is 0 Å². The standard InChI is InChI=1S/C17H25NO2/c1-12-10-15(20-3)13(2)9-14(12)16(19)17(11-18)7-5-4-6-8-17/h9-10H,4-8,11,18H2,1-3H3. The largest absolute Gasteiger partial charge is 0.496 e. The molecule has 1 aromatic rings. The Bertz CT molecular complexity index is 502. The van der Waals surface area contributed by atoms with Gasteiger partial charge in [0.05, 0.1) is 7.11 Å². The fourth-order valence-electron chi connectivity index (χ4n) is 3.29.